The average Bonchev–Trinajstić information content (AvgIpc) is 2.72. The van der Waals surface area contributed by atoms with Crippen molar-refractivity contribution in [2.75, 3.05) is 11.1 Å². The molecule has 5 heteroatoms. The molecule has 2 rings (SSSR count). The molecule has 0 bridgehead atoms. The van der Waals surface area contributed by atoms with Gasteiger partial charge in [0.2, 0.25) is 0 Å². The van der Waals surface area contributed by atoms with Crippen molar-refractivity contribution >= 4 is 23.5 Å². The van der Waals surface area contributed by atoms with Crippen molar-refractivity contribution < 1.29 is 4.42 Å². The number of hydrogen-bond acceptors (Lipinski definition) is 5. The monoisotopic (exact) mass is 263 g/mol. The summed E-state index contributed by atoms with van der Waals surface area (Å²) in [6.07, 6.45) is 1.09. The highest BCUT2D eigenvalue weighted by Crippen LogP contribution is 2.22. The summed E-state index contributed by atoms with van der Waals surface area (Å²) >= 11 is 1.58. The number of aromatic nitrogens is 2. The molecule has 1 heterocycles. The molecule has 0 saturated heterocycles. The van der Waals surface area contributed by atoms with Gasteiger partial charge in [-0.25, -0.2) is 0 Å². The van der Waals surface area contributed by atoms with Crippen LogP contribution in [0.25, 0.3) is 0 Å². The third-order valence-corrected chi connectivity index (χ3v) is 3.33. The Morgan fingerprint density at radius 1 is 1.17 bits per heavy atom. The number of aryl methyl sites for hydroxylation is 2. The summed E-state index contributed by atoms with van der Waals surface area (Å²) < 4.78 is 5.50. The van der Waals surface area contributed by atoms with Crippen LogP contribution in [-0.2, 0) is 0 Å². The summed E-state index contributed by atoms with van der Waals surface area (Å²) in [5.41, 5.74) is 3.39. The van der Waals surface area contributed by atoms with Crippen molar-refractivity contribution in [3.63, 3.8) is 0 Å². The molecule has 0 atom stereocenters. The first-order valence-electron chi connectivity index (χ1n) is 5.99. The zero-order valence-corrected chi connectivity index (χ0v) is 11.7. The van der Waals surface area contributed by atoms with E-state index in [-0.39, 0.29) is 0 Å². The fourth-order valence-corrected chi connectivity index (χ4v) is 2.29. The average molecular weight is 263 g/mol. The topological polar surface area (TPSA) is 51.0 Å². The van der Waals surface area contributed by atoms with Crippen LogP contribution in [-0.4, -0.2) is 16.0 Å². The molecular weight excluding hydrogens is 246 g/mol. The summed E-state index contributed by atoms with van der Waals surface area (Å²) in [7, 11) is 0. The Kier molecular flexibility index (Phi) is 4.25. The van der Waals surface area contributed by atoms with E-state index in [4.69, 9.17) is 4.42 Å². The van der Waals surface area contributed by atoms with Crippen LogP contribution < -0.4 is 5.32 Å². The molecule has 1 N–H and O–H groups in total. The van der Waals surface area contributed by atoms with Gasteiger partial charge in [0.25, 0.3) is 5.22 Å². The van der Waals surface area contributed by atoms with E-state index >= 15 is 0 Å². The zero-order valence-electron chi connectivity index (χ0n) is 10.9. The lowest BCUT2D eigenvalue weighted by molar-refractivity contribution is 0.468. The standard InChI is InChI=1S/C13H17N3OS/c1-4-5-18-13-16-15-12(17-13)14-11-7-9(2)6-10(3)8-11/h6-8H,4-5H2,1-3H3,(H,14,15). The SMILES string of the molecule is CCCSc1nnc(Nc2cc(C)cc(C)c2)o1. The number of hydrogen-bond donors (Lipinski definition) is 1. The van der Waals surface area contributed by atoms with E-state index in [1.165, 1.54) is 11.1 Å². The number of nitrogens with one attached hydrogen (secondary N) is 1. The van der Waals surface area contributed by atoms with Gasteiger partial charge in [-0.2, -0.15) is 0 Å². The minimum atomic E-state index is 0.443. The Hall–Kier alpha value is -1.49. The molecule has 1 aromatic carbocycles. The van der Waals surface area contributed by atoms with Gasteiger partial charge in [-0.1, -0.05) is 34.9 Å². The Balaban J connectivity index is 2.06. The summed E-state index contributed by atoms with van der Waals surface area (Å²) in [5.74, 6) is 0.991. The van der Waals surface area contributed by atoms with Crippen LogP contribution in [0.1, 0.15) is 24.5 Å². The Bertz CT molecular complexity index is 504. The summed E-state index contributed by atoms with van der Waals surface area (Å²) in [6, 6.07) is 6.67. The van der Waals surface area contributed by atoms with Gasteiger partial charge in [0, 0.05) is 11.4 Å². The number of anilines is 2. The third kappa shape index (κ3) is 3.50. The molecule has 0 fully saturated rings. The molecule has 0 aliphatic carbocycles. The molecule has 96 valence electrons. The van der Waals surface area contributed by atoms with Crippen LogP contribution in [0.2, 0.25) is 0 Å². The van der Waals surface area contributed by atoms with E-state index in [9.17, 15) is 0 Å². The predicted octanol–water partition coefficient (Wildman–Crippen LogP) is 3.93. The van der Waals surface area contributed by atoms with Crippen molar-refractivity contribution in [2.24, 2.45) is 0 Å². The van der Waals surface area contributed by atoms with Gasteiger partial charge in [0.15, 0.2) is 0 Å². The summed E-state index contributed by atoms with van der Waals surface area (Å²) in [6.45, 7) is 6.25. The quantitative estimate of drug-likeness (QED) is 0.828. The Morgan fingerprint density at radius 2 is 1.89 bits per heavy atom. The maximum atomic E-state index is 5.50. The van der Waals surface area contributed by atoms with Crippen LogP contribution in [0.4, 0.5) is 11.7 Å². The highest BCUT2D eigenvalue weighted by Gasteiger charge is 2.06. The molecule has 4 nitrogen and oxygen atoms in total. The molecule has 1 aromatic heterocycles. The summed E-state index contributed by atoms with van der Waals surface area (Å²) in [5, 5.41) is 11.7. The van der Waals surface area contributed by atoms with E-state index in [1.54, 1.807) is 11.8 Å². The normalized spacial score (nSPS) is 10.6. The Labute approximate surface area is 111 Å². The van der Waals surface area contributed by atoms with Crippen LogP contribution in [0.15, 0.2) is 27.8 Å². The molecule has 0 spiro atoms. The molecule has 0 saturated carbocycles. The minimum absolute atomic E-state index is 0.443. The van der Waals surface area contributed by atoms with Crippen molar-refractivity contribution in [1.29, 1.82) is 0 Å². The fourth-order valence-electron chi connectivity index (χ4n) is 1.68. The van der Waals surface area contributed by atoms with Crippen molar-refractivity contribution in [3.05, 3.63) is 29.3 Å². The molecular formula is C13H17N3OS. The molecule has 2 aromatic rings. The van der Waals surface area contributed by atoms with Gasteiger partial charge in [0.1, 0.15) is 0 Å². The molecule has 0 amide bonds. The first-order chi connectivity index (χ1) is 8.67. The highest BCUT2D eigenvalue weighted by molar-refractivity contribution is 7.99. The van der Waals surface area contributed by atoms with Gasteiger partial charge in [-0.15, -0.1) is 0 Å². The lowest BCUT2D eigenvalue weighted by Crippen LogP contribution is -1.91. The number of nitrogens with zero attached hydrogens (tertiary/aromatic N) is 2. The highest BCUT2D eigenvalue weighted by atomic mass is 32.2. The largest absolute Gasteiger partial charge is 0.398 e. The second-order valence-electron chi connectivity index (χ2n) is 4.22. The molecule has 0 unspecified atom stereocenters. The van der Waals surface area contributed by atoms with Crippen molar-refractivity contribution in [2.45, 2.75) is 32.4 Å². The number of benzene rings is 1. The van der Waals surface area contributed by atoms with E-state index in [2.05, 4.69) is 54.5 Å². The third-order valence-electron chi connectivity index (χ3n) is 2.31. The molecule has 0 radical (unpaired) electrons. The van der Waals surface area contributed by atoms with Crippen molar-refractivity contribution in [1.82, 2.24) is 10.2 Å². The second kappa shape index (κ2) is 5.91. The maximum absolute atomic E-state index is 5.50. The lowest BCUT2D eigenvalue weighted by atomic mass is 10.1. The van der Waals surface area contributed by atoms with Crippen LogP contribution in [0.5, 0.6) is 0 Å². The van der Waals surface area contributed by atoms with Crippen LogP contribution in [0.3, 0.4) is 0 Å². The first-order valence-corrected chi connectivity index (χ1v) is 6.97. The zero-order chi connectivity index (χ0) is 13.0. The van der Waals surface area contributed by atoms with Crippen molar-refractivity contribution in [3.8, 4) is 0 Å². The lowest BCUT2D eigenvalue weighted by Gasteiger charge is -2.04. The predicted molar refractivity (Wildman–Crippen MR) is 74.5 cm³/mol. The van der Waals surface area contributed by atoms with Crippen LogP contribution in [0, 0.1) is 13.8 Å². The second-order valence-corrected chi connectivity index (χ2v) is 5.27. The number of thioether (sulfide) groups is 1. The Morgan fingerprint density at radius 3 is 2.56 bits per heavy atom. The van der Waals surface area contributed by atoms with E-state index in [0.717, 1.165) is 17.9 Å². The van der Waals surface area contributed by atoms with E-state index in [1.807, 2.05) is 0 Å². The molecule has 0 aliphatic heterocycles. The summed E-state index contributed by atoms with van der Waals surface area (Å²) in [4.78, 5) is 0. The smallest absolute Gasteiger partial charge is 0.320 e. The van der Waals surface area contributed by atoms with Gasteiger partial charge in [-0.3, -0.25) is 0 Å². The molecule has 0 aliphatic rings. The van der Waals surface area contributed by atoms with E-state index < -0.39 is 0 Å². The van der Waals surface area contributed by atoms with Gasteiger partial charge >= 0.3 is 6.01 Å². The minimum Gasteiger partial charge on any atom is -0.398 e. The van der Waals surface area contributed by atoms with Gasteiger partial charge in [-0.05, 0) is 43.5 Å². The maximum Gasteiger partial charge on any atom is 0.320 e. The molecule has 18 heavy (non-hydrogen) atoms. The van der Waals surface area contributed by atoms with Gasteiger partial charge in [0.05, 0.1) is 0 Å². The first kappa shape index (κ1) is 13.0. The van der Waals surface area contributed by atoms with Gasteiger partial charge < -0.3 is 9.73 Å². The van der Waals surface area contributed by atoms with Crippen LogP contribution >= 0.6 is 11.8 Å². The van der Waals surface area contributed by atoms with E-state index in [0.29, 0.717) is 11.2 Å². The fraction of sp³-hybridized carbons (Fsp3) is 0.385. The number of rotatable bonds is 5.